The number of benzene rings is 2. The summed E-state index contributed by atoms with van der Waals surface area (Å²) in [7, 11) is 0. The van der Waals surface area contributed by atoms with E-state index in [0.717, 1.165) is 25.2 Å². The van der Waals surface area contributed by atoms with Crippen LogP contribution in [-0.4, -0.2) is 54.0 Å². The Hall–Kier alpha value is -3.51. The van der Waals surface area contributed by atoms with E-state index in [1.165, 1.54) is 19.3 Å². The molecule has 0 aromatic heterocycles. The van der Waals surface area contributed by atoms with E-state index in [1.54, 1.807) is 24.3 Å². The van der Waals surface area contributed by atoms with Gasteiger partial charge in [-0.15, -0.1) is 0 Å². The largest absolute Gasteiger partial charge is 0.468 e. The highest BCUT2D eigenvalue weighted by Crippen LogP contribution is 2.41. The van der Waals surface area contributed by atoms with Crippen molar-refractivity contribution in [3.63, 3.8) is 0 Å². The molecule has 6 heteroatoms. The number of hydrogen-bond acceptors (Lipinski definition) is 5. The van der Waals surface area contributed by atoms with E-state index in [9.17, 15) is 9.59 Å². The molecule has 4 aliphatic rings. The molecule has 2 aromatic rings. The second-order valence-corrected chi connectivity index (χ2v) is 9.78. The van der Waals surface area contributed by atoms with Gasteiger partial charge in [0.25, 0.3) is 5.69 Å². The zero-order valence-corrected chi connectivity index (χ0v) is 20.0. The topological polar surface area (TPSA) is 72.6 Å². The van der Waals surface area contributed by atoms with E-state index in [1.807, 2.05) is 30.4 Å². The van der Waals surface area contributed by atoms with Crippen LogP contribution in [0.4, 0.5) is 11.4 Å². The number of ketones is 2. The number of allylic oxidation sites excluding steroid dienone is 2. The Labute approximate surface area is 205 Å². The standard InChI is InChI=1S/C29H29N3O3/c1-18-9-6-7-15-32(18)16-8-14-30-22-17-24-27(31-21-12-4-5-13-23(21)35-24)26-25(22)28(33)19-10-2-3-11-20(19)29(26)34/h2-5,10-13,17-18,23,30H,6-9,14-16H2,1H3/p+1/t18-,23?/m0/s1. The second-order valence-electron chi connectivity index (χ2n) is 9.78. The number of hydrogen-bond donors (Lipinski definition) is 2. The molecule has 2 N–H and O–H groups in total. The van der Waals surface area contributed by atoms with Crippen LogP contribution in [0.1, 0.15) is 64.4 Å². The molecule has 2 aliphatic carbocycles. The average Bonchev–Trinajstić information content (AvgIpc) is 2.89. The Morgan fingerprint density at radius 2 is 1.89 bits per heavy atom. The summed E-state index contributed by atoms with van der Waals surface area (Å²) in [5.41, 5.74) is 3.83. The summed E-state index contributed by atoms with van der Waals surface area (Å²) >= 11 is 0. The molecule has 1 unspecified atom stereocenters. The van der Waals surface area contributed by atoms with Crippen molar-refractivity contribution in [1.29, 1.82) is 0 Å². The summed E-state index contributed by atoms with van der Waals surface area (Å²) in [4.78, 5) is 33.3. The molecule has 178 valence electrons. The van der Waals surface area contributed by atoms with Gasteiger partial charge in [0, 0.05) is 42.4 Å². The smallest absolute Gasteiger partial charge is 0.258 e. The number of piperidine rings is 1. The van der Waals surface area contributed by atoms with Crippen molar-refractivity contribution in [3.05, 3.63) is 76.9 Å². The molecule has 0 saturated carbocycles. The summed E-state index contributed by atoms with van der Waals surface area (Å²) in [6.07, 6.45) is 12.4. The Morgan fingerprint density at radius 3 is 2.69 bits per heavy atom. The molecule has 1 saturated heterocycles. The van der Waals surface area contributed by atoms with Gasteiger partial charge in [0.05, 0.1) is 11.3 Å². The van der Waals surface area contributed by atoms with Crippen molar-refractivity contribution >= 4 is 28.7 Å². The highest BCUT2D eigenvalue weighted by Gasteiger charge is 2.41. The first kappa shape index (κ1) is 22.0. The SMILES string of the molecule is C[C@H]1CCCCN1CCCNc1cc2c(c3c1C(=O)c1ccccc1C3=O)[NH+]=C1C=CC=CC1O2. The van der Waals surface area contributed by atoms with Crippen molar-refractivity contribution in [2.45, 2.75) is 44.8 Å². The number of likely N-dealkylation sites (tertiary alicyclic amines) is 1. The highest BCUT2D eigenvalue weighted by molar-refractivity contribution is 6.32. The fraction of sp³-hybridized carbons (Fsp3) is 0.345. The lowest BCUT2D eigenvalue weighted by Gasteiger charge is -2.33. The maximum Gasteiger partial charge on any atom is 0.258 e. The van der Waals surface area contributed by atoms with E-state index in [0.29, 0.717) is 52.0 Å². The van der Waals surface area contributed by atoms with Crippen molar-refractivity contribution in [3.8, 4) is 5.75 Å². The van der Waals surface area contributed by atoms with Crippen LogP contribution in [0.15, 0.2) is 54.6 Å². The highest BCUT2D eigenvalue weighted by atomic mass is 16.5. The molecule has 2 aromatic carbocycles. The molecule has 6 rings (SSSR count). The van der Waals surface area contributed by atoms with Gasteiger partial charge in [-0.2, -0.15) is 0 Å². The third-order valence-corrected chi connectivity index (χ3v) is 7.54. The Bertz CT molecular complexity index is 1310. The van der Waals surface area contributed by atoms with Crippen LogP contribution in [0, 0.1) is 0 Å². The van der Waals surface area contributed by atoms with Gasteiger partial charge < -0.3 is 15.0 Å². The summed E-state index contributed by atoms with van der Waals surface area (Å²) in [5, 5.41) is 3.48. The van der Waals surface area contributed by atoms with Crippen molar-refractivity contribution in [2.75, 3.05) is 25.0 Å². The summed E-state index contributed by atoms with van der Waals surface area (Å²) in [6, 6.07) is 9.58. The number of rotatable bonds is 5. The minimum atomic E-state index is -0.235. The minimum absolute atomic E-state index is 0.127. The van der Waals surface area contributed by atoms with Crippen LogP contribution in [-0.2, 0) is 0 Å². The monoisotopic (exact) mass is 468 g/mol. The van der Waals surface area contributed by atoms with Gasteiger partial charge in [-0.1, -0.05) is 42.8 Å². The molecule has 0 amide bonds. The number of fused-ring (bicyclic) bond motifs is 5. The second kappa shape index (κ2) is 8.93. The van der Waals surface area contributed by atoms with Gasteiger partial charge in [0.1, 0.15) is 5.56 Å². The first-order valence-electron chi connectivity index (χ1n) is 12.6. The van der Waals surface area contributed by atoms with Crippen molar-refractivity contribution < 1.29 is 19.3 Å². The van der Waals surface area contributed by atoms with Crippen molar-refractivity contribution in [2.24, 2.45) is 0 Å². The number of ether oxygens (including phenoxy) is 1. The Balaban J connectivity index is 1.36. The van der Waals surface area contributed by atoms with Gasteiger partial charge in [-0.3, -0.25) is 9.59 Å². The number of anilines is 1. The lowest BCUT2D eigenvalue weighted by molar-refractivity contribution is -0.362. The number of carbonyl (C=O) groups excluding carboxylic acids is 2. The van der Waals surface area contributed by atoms with Gasteiger partial charge in [0.15, 0.2) is 11.5 Å². The maximum atomic E-state index is 13.7. The van der Waals surface area contributed by atoms with Crippen LogP contribution in [0.25, 0.3) is 0 Å². The van der Waals surface area contributed by atoms with Crippen LogP contribution in [0.2, 0.25) is 0 Å². The maximum absolute atomic E-state index is 13.7. The Morgan fingerprint density at radius 1 is 1.09 bits per heavy atom. The number of nitrogens with zero attached hydrogens (tertiary/aromatic N) is 1. The predicted molar refractivity (Wildman–Crippen MR) is 136 cm³/mol. The van der Waals surface area contributed by atoms with Crippen LogP contribution < -0.4 is 15.0 Å². The Kier molecular flexibility index (Phi) is 5.61. The van der Waals surface area contributed by atoms with Gasteiger partial charge in [-0.05, 0) is 38.8 Å². The van der Waals surface area contributed by atoms with Crippen molar-refractivity contribution in [1.82, 2.24) is 4.90 Å². The van der Waals surface area contributed by atoms with Gasteiger partial charge >= 0.3 is 0 Å². The van der Waals surface area contributed by atoms with Crippen LogP contribution in [0.3, 0.4) is 0 Å². The lowest BCUT2D eigenvalue weighted by Crippen LogP contribution is -2.72. The summed E-state index contributed by atoms with van der Waals surface area (Å²) in [5.74, 6) is 0.311. The summed E-state index contributed by atoms with van der Waals surface area (Å²) < 4.78 is 6.28. The van der Waals surface area contributed by atoms with E-state index in [2.05, 4.69) is 22.1 Å². The van der Waals surface area contributed by atoms with Crippen LogP contribution in [0.5, 0.6) is 5.75 Å². The molecule has 2 atom stereocenters. The van der Waals surface area contributed by atoms with Gasteiger partial charge in [0.2, 0.25) is 17.6 Å². The molecular weight excluding hydrogens is 438 g/mol. The minimum Gasteiger partial charge on any atom is -0.468 e. The van der Waals surface area contributed by atoms with E-state index < -0.39 is 0 Å². The molecule has 0 radical (unpaired) electrons. The first-order valence-corrected chi connectivity index (χ1v) is 12.6. The number of carbonyl (C=O) groups is 2. The molecule has 0 bridgehead atoms. The third-order valence-electron chi connectivity index (χ3n) is 7.54. The average molecular weight is 469 g/mol. The molecule has 6 nitrogen and oxygen atoms in total. The zero-order valence-electron chi connectivity index (χ0n) is 20.0. The van der Waals surface area contributed by atoms with E-state index in [4.69, 9.17) is 4.74 Å². The van der Waals surface area contributed by atoms with E-state index in [-0.39, 0.29) is 17.7 Å². The van der Waals surface area contributed by atoms with Gasteiger partial charge in [-0.25, -0.2) is 4.99 Å². The third kappa shape index (κ3) is 3.82. The molecule has 1 fully saturated rings. The molecule has 0 spiro atoms. The zero-order chi connectivity index (χ0) is 23.9. The van der Waals surface area contributed by atoms with E-state index >= 15 is 0 Å². The normalized spacial score (nSPS) is 22.5. The fourth-order valence-electron chi connectivity index (χ4n) is 5.64. The fourth-order valence-corrected chi connectivity index (χ4v) is 5.64. The molecule has 2 heterocycles. The quantitative estimate of drug-likeness (QED) is 0.563. The lowest BCUT2D eigenvalue weighted by atomic mass is 9.81. The number of nitrogens with one attached hydrogen (secondary N) is 2. The molecular formula is C29H30N3O3+. The first-order chi connectivity index (χ1) is 17.1. The molecule has 2 aliphatic heterocycles. The molecule has 35 heavy (non-hydrogen) atoms. The predicted octanol–water partition coefficient (Wildman–Crippen LogP) is 3.18. The summed E-state index contributed by atoms with van der Waals surface area (Å²) in [6.45, 7) is 5.20. The van der Waals surface area contributed by atoms with Crippen LogP contribution >= 0.6 is 0 Å².